The number of fused-ring (bicyclic) bond motifs is 1. The number of likely N-dealkylation sites (tertiary alicyclic amines) is 1. The number of anilines is 1. The third-order valence-electron chi connectivity index (χ3n) is 6.33. The van der Waals surface area contributed by atoms with E-state index in [0.29, 0.717) is 39.1 Å². The van der Waals surface area contributed by atoms with E-state index in [-0.39, 0.29) is 17.7 Å². The summed E-state index contributed by atoms with van der Waals surface area (Å²) in [5, 5.41) is 3.19. The highest BCUT2D eigenvalue weighted by atomic mass is 16.5. The van der Waals surface area contributed by atoms with Gasteiger partial charge in [-0.25, -0.2) is 9.97 Å². The molecule has 1 atom stereocenters. The quantitative estimate of drug-likeness (QED) is 0.747. The summed E-state index contributed by atoms with van der Waals surface area (Å²) in [7, 11) is 1.85. The first-order valence-corrected chi connectivity index (χ1v) is 11.3. The molecule has 1 N–H and O–H groups in total. The number of hydrogen-bond acceptors (Lipinski definition) is 6. The van der Waals surface area contributed by atoms with E-state index in [9.17, 15) is 9.59 Å². The fourth-order valence-electron chi connectivity index (χ4n) is 4.42. The van der Waals surface area contributed by atoms with Gasteiger partial charge in [-0.15, -0.1) is 0 Å². The van der Waals surface area contributed by atoms with Gasteiger partial charge >= 0.3 is 0 Å². The van der Waals surface area contributed by atoms with Gasteiger partial charge in [-0.3, -0.25) is 9.59 Å². The topological polar surface area (TPSA) is 87.7 Å². The molecule has 1 fully saturated rings. The molecule has 32 heavy (non-hydrogen) atoms. The van der Waals surface area contributed by atoms with Gasteiger partial charge in [0.1, 0.15) is 17.4 Å². The third-order valence-corrected chi connectivity index (χ3v) is 6.33. The van der Waals surface area contributed by atoms with Gasteiger partial charge in [0.2, 0.25) is 11.8 Å². The van der Waals surface area contributed by atoms with E-state index in [1.807, 2.05) is 48.0 Å². The average Bonchev–Trinajstić information content (AvgIpc) is 3.30. The number of carbonyl (C=O) groups excluding carboxylic acids is 2. The van der Waals surface area contributed by atoms with Crippen LogP contribution < -0.4 is 10.1 Å². The van der Waals surface area contributed by atoms with Crippen molar-refractivity contribution in [3.05, 3.63) is 46.9 Å². The van der Waals surface area contributed by atoms with E-state index in [2.05, 4.69) is 5.32 Å². The van der Waals surface area contributed by atoms with Crippen molar-refractivity contribution in [1.82, 2.24) is 19.8 Å². The highest BCUT2D eigenvalue weighted by molar-refractivity contribution is 5.77. The molecular weight excluding hydrogens is 406 g/mol. The fraction of sp³-hybridized carbons (Fsp3) is 0.500. The van der Waals surface area contributed by atoms with Crippen LogP contribution >= 0.6 is 0 Å². The van der Waals surface area contributed by atoms with Gasteiger partial charge in [-0.05, 0) is 25.0 Å². The average molecular weight is 438 g/mol. The van der Waals surface area contributed by atoms with Crippen molar-refractivity contribution < 1.29 is 14.3 Å². The minimum absolute atomic E-state index is 0.0725. The lowest BCUT2D eigenvalue weighted by Gasteiger charge is -2.30. The first kappa shape index (κ1) is 22.0. The SMILES string of the molecule is CNc1nc(C2CCN(C(C)=O)C2)nc2c1CN(C(=O)CCOc1ccccc1C)CC2. The smallest absolute Gasteiger partial charge is 0.226 e. The number of aryl methyl sites for hydroxylation is 1. The highest BCUT2D eigenvalue weighted by Crippen LogP contribution is 2.30. The molecule has 2 aliphatic rings. The van der Waals surface area contributed by atoms with Gasteiger partial charge in [0.25, 0.3) is 0 Å². The zero-order valence-corrected chi connectivity index (χ0v) is 19.1. The van der Waals surface area contributed by atoms with Crippen LogP contribution in [0.25, 0.3) is 0 Å². The number of carbonyl (C=O) groups is 2. The molecule has 2 amide bonds. The number of rotatable bonds is 6. The summed E-state index contributed by atoms with van der Waals surface area (Å²) in [4.78, 5) is 37.8. The van der Waals surface area contributed by atoms with Crippen molar-refractivity contribution in [2.24, 2.45) is 0 Å². The summed E-state index contributed by atoms with van der Waals surface area (Å²) in [5.41, 5.74) is 3.05. The lowest BCUT2D eigenvalue weighted by atomic mass is 10.0. The molecule has 3 heterocycles. The van der Waals surface area contributed by atoms with Gasteiger partial charge in [0, 0.05) is 51.5 Å². The Morgan fingerprint density at radius 2 is 2.00 bits per heavy atom. The Hall–Kier alpha value is -3.16. The van der Waals surface area contributed by atoms with E-state index in [4.69, 9.17) is 14.7 Å². The highest BCUT2D eigenvalue weighted by Gasteiger charge is 2.31. The minimum atomic E-state index is 0.0725. The van der Waals surface area contributed by atoms with Crippen LogP contribution in [0.1, 0.15) is 48.3 Å². The van der Waals surface area contributed by atoms with E-state index >= 15 is 0 Å². The molecule has 0 bridgehead atoms. The van der Waals surface area contributed by atoms with Crippen LogP contribution in [-0.2, 0) is 22.6 Å². The molecular formula is C24H31N5O3. The van der Waals surface area contributed by atoms with Crippen LogP contribution in [0.5, 0.6) is 5.75 Å². The van der Waals surface area contributed by atoms with Crippen molar-refractivity contribution in [2.75, 3.05) is 38.6 Å². The van der Waals surface area contributed by atoms with E-state index in [0.717, 1.165) is 47.2 Å². The molecule has 0 aliphatic carbocycles. The second-order valence-corrected chi connectivity index (χ2v) is 8.49. The molecule has 0 saturated carbocycles. The molecule has 1 unspecified atom stereocenters. The van der Waals surface area contributed by atoms with Crippen molar-refractivity contribution in [1.29, 1.82) is 0 Å². The third kappa shape index (κ3) is 4.69. The summed E-state index contributed by atoms with van der Waals surface area (Å²) in [5.74, 6) is 2.72. The number of nitrogens with one attached hydrogen (secondary N) is 1. The molecule has 1 aromatic carbocycles. The van der Waals surface area contributed by atoms with Crippen LogP contribution in [0, 0.1) is 6.92 Å². The largest absolute Gasteiger partial charge is 0.493 e. The minimum Gasteiger partial charge on any atom is -0.493 e. The zero-order valence-electron chi connectivity index (χ0n) is 19.1. The summed E-state index contributed by atoms with van der Waals surface area (Å²) in [6.07, 6.45) is 1.92. The zero-order chi connectivity index (χ0) is 22.7. The summed E-state index contributed by atoms with van der Waals surface area (Å²) >= 11 is 0. The molecule has 8 nitrogen and oxygen atoms in total. The summed E-state index contributed by atoms with van der Waals surface area (Å²) in [6.45, 7) is 6.52. The second-order valence-electron chi connectivity index (χ2n) is 8.49. The van der Waals surface area contributed by atoms with Gasteiger partial charge in [0.15, 0.2) is 0 Å². The maximum absolute atomic E-state index is 12.8. The Balaban J connectivity index is 1.40. The molecule has 1 aromatic heterocycles. The van der Waals surface area contributed by atoms with E-state index < -0.39 is 0 Å². The first-order chi connectivity index (χ1) is 15.5. The van der Waals surface area contributed by atoms with E-state index in [1.165, 1.54) is 0 Å². The Morgan fingerprint density at radius 3 is 2.72 bits per heavy atom. The standard InChI is InChI=1S/C24H31N5O3/c1-16-6-4-5-7-21(16)32-13-10-22(31)29-12-9-20-19(15-29)24(25-3)27-23(26-20)18-8-11-28(14-18)17(2)30/h4-7,18H,8-15H2,1-3H3,(H,25,26,27). The van der Waals surface area contributed by atoms with Crippen molar-refractivity contribution in [3.8, 4) is 5.75 Å². The van der Waals surface area contributed by atoms with Crippen molar-refractivity contribution >= 4 is 17.6 Å². The lowest BCUT2D eigenvalue weighted by Crippen LogP contribution is -2.37. The molecule has 0 spiro atoms. The van der Waals surface area contributed by atoms with Crippen LogP contribution in [0.4, 0.5) is 5.82 Å². The van der Waals surface area contributed by atoms with Gasteiger partial charge in [0.05, 0.1) is 25.3 Å². The predicted octanol–water partition coefficient (Wildman–Crippen LogP) is 2.52. The number of benzene rings is 1. The molecule has 4 rings (SSSR count). The summed E-state index contributed by atoms with van der Waals surface area (Å²) in [6, 6.07) is 7.82. The monoisotopic (exact) mass is 437 g/mol. The molecule has 2 aliphatic heterocycles. The molecule has 2 aromatic rings. The Kier molecular flexibility index (Phi) is 6.58. The van der Waals surface area contributed by atoms with Gasteiger partial charge in [-0.2, -0.15) is 0 Å². The van der Waals surface area contributed by atoms with Gasteiger partial charge < -0.3 is 19.9 Å². The Labute approximate surface area is 189 Å². The summed E-state index contributed by atoms with van der Waals surface area (Å²) < 4.78 is 5.80. The number of ether oxygens (including phenoxy) is 1. The number of nitrogens with zero attached hydrogens (tertiary/aromatic N) is 4. The van der Waals surface area contributed by atoms with Crippen molar-refractivity contribution in [3.63, 3.8) is 0 Å². The van der Waals surface area contributed by atoms with Crippen LogP contribution in [0.3, 0.4) is 0 Å². The Morgan fingerprint density at radius 1 is 1.19 bits per heavy atom. The van der Waals surface area contributed by atoms with Crippen LogP contribution in [0.2, 0.25) is 0 Å². The predicted molar refractivity (Wildman–Crippen MR) is 122 cm³/mol. The molecule has 170 valence electrons. The number of hydrogen-bond donors (Lipinski definition) is 1. The molecule has 8 heteroatoms. The maximum Gasteiger partial charge on any atom is 0.226 e. The van der Waals surface area contributed by atoms with Crippen LogP contribution in [-0.4, -0.2) is 64.9 Å². The van der Waals surface area contributed by atoms with E-state index in [1.54, 1.807) is 6.92 Å². The first-order valence-electron chi connectivity index (χ1n) is 11.3. The van der Waals surface area contributed by atoms with Crippen LogP contribution in [0.15, 0.2) is 24.3 Å². The second kappa shape index (κ2) is 9.54. The number of amides is 2. The lowest BCUT2D eigenvalue weighted by molar-refractivity contribution is -0.132. The van der Waals surface area contributed by atoms with Crippen molar-refractivity contribution in [2.45, 2.75) is 45.6 Å². The number of aromatic nitrogens is 2. The molecule has 1 saturated heterocycles. The normalized spacial score (nSPS) is 17.8. The number of para-hydroxylation sites is 1. The maximum atomic E-state index is 12.8. The fourth-order valence-corrected chi connectivity index (χ4v) is 4.42. The molecule has 0 radical (unpaired) electrons. The Bertz CT molecular complexity index is 992. The van der Waals surface area contributed by atoms with Gasteiger partial charge in [-0.1, -0.05) is 18.2 Å².